The SMILES string of the molecule is CCCN(CC)C1CCN(C(=O)c2cccc(C#N)n2)CC1. The molecule has 1 saturated heterocycles. The van der Waals surface area contributed by atoms with Gasteiger partial charge in [0.25, 0.3) is 5.91 Å². The zero-order chi connectivity index (χ0) is 15.9. The summed E-state index contributed by atoms with van der Waals surface area (Å²) in [5.41, 5.74) is 0.666. The maximum atomic E-state index is 12.5. The summed E-state index contributed by atoms with van der Waals surface area (Å²) in [5.74, 6) is -0.0610. The van der Waals surface area contributed by atoms with Crippen LogP contribution in [0.4, 0.5) is 0 Å². The molecule has 5 heteroatoms. The largest absolute Gasteiger partial charge is 0.337 e. The Morgan fingerprint density at radius 2 is 2.14 bits per heavy atom. The second kappa shape index (κ2) is 7.90. The fourth-order valence-electron chi connectivity index (χ4n) is 3.10. The number of hydrogen-bond donors (Lipinski definition) is 0. The Hall–Kier alpha value is -1.93. The van der Waals surface area contributed by atoms with E-state index in [2.05, 4.69) is 23.7 Å². The molecule has 1 aliphatic heterocycles. The highest BCUT2D eigenvalue weighted by Gasteiger charge is 2.27. The minimum Gasteiger partial charge on any atom is -0.337 e. The minimum absolute atomic E-state index is 0.0610. The topological polar surface area (TPSA) is 60.2 Å². The predicted molar refractivity (Wildman–Crippen MR) is 85.4 cm³/mol. The third-order valence-corrected chi connectivity index (χ3v) is 4.27. The molecule has 0 unspecified atom stereocenters. The molecule has 2 rings (SSSR count). The fourth-order valence-corrected chi connectivity index (χ4v) is 3.10. The van der Waals surface area contributed by atoms with Crippen molar-refractivity contribution in [2.75, 3.05) is 26.2 Å². The molecule has 1 amide bonds. The molecule has 1 aliphatic rings. The lowest BCUT2D eigenvalue weighted by molar-refractivity contribution is 0.0619. The van der Waals surface area contributed by atoms with Gasteiger partial charge in [0.2, 0.25) is 0 Å². The lowest BCUT2D eigenvalue weighted by atomic mass is 10.0. The molecule has 1 fully saturated rings. The van der Waals surface area contributed by atoms with Gasteiger partial charge in [-0.2, -0.15) is 5.26 Å². The molecule has 5 nitrogen and oxygen atoms in total. The predicted octanol–water partition coefficient (Wildman–Crippen LogP) is 2.29. The highest BCUT2D eigenvalue weighted by atomic mass is 16.2. The van der Waals surface area contributed by atoms with E-state index in [4.69, 9.17) is 5.26 Å². The van der Waals surface area contributed by atoms with Crippen LogP contribution in [0.2, 0.25) is 0 Å². The Bertz CT molecular complexity index is 544. The van der Waals surface area contributed by atoms with Crippen LogP contribution >= 0.6 is 0 Å². The van der Waals surface area contributed by atoms with Crippen molar-refractivity contribution in [3.63, 3.8) is 0 Å². The average molecular weight is 300 g/mol. The van der Waals surface area contributed by atoms with Gasteiger partial charge in [-0.3, -0.25) is 4.79 Å². The molecule has 0 spiro atoms. The van der Waals surface area contributed by atoms with E-state index in [-0.39, 0.29) is 5.91 Å². The van der Waals surface area contributed by atoms with Crippen LogP contribution in [0.15, 0.2) is 18.2 Å². The summed E-state index contributed by atoms with van der Waals surface area (Å²) < 4.78 is 0. The van der Waals surface area contributed by atoms with Gasteiger partial charge in [0.15, 0.2) is 0 Å². The van der Waals surface area contributed by atoms with Crippen molar-refractivity contribution < 1.29 is 4.79 Å². The first-order valence-electron chi connectivity index (χ1n) is 8.10. The number of aromatic nitrogens is 1. The van der Waals surface area contributed by atoms with E-state index in [0.717, 1.165) is 45.4 Å². The zero-order valence-electron chi connectivity index (χ0n) is 13.5. The monoisotopic (exact) mass is 300 g/mol. The normalized spacial score (nSPS) is 15.8. The molecular formula is C17H24N4O. The molecule has 0 saturated carbocycles. The molecule has 2 heterocycles. The lowest BCUT2D eigenvalue weighted by Crippen LogP contribution is -2.47. The van der Waals surface area contributed by atoms with E-state index in [0.29, 0.717) is 17.4 Å². The van der Waals surface area contributed by atoms with Crippen molar-refractivity contribution in [1.29, 1.82) is 5.26 Å². The van der Waals surface area contributed by atoms with Gasteiger partial charge in [0.1, 0.15) is 17.5 Å². The second-order valence-electron chi connectivity index (χ2n) is 5.67. The van der Waals surface area contributed by atoms with Crippen LogP contribution in [0.3, 0.4) is 0 Å². The van der Waals surface area contributed by atoms with Gasteiger partial charge >= 0.3 is 0 Å². The summed E-state index contributed by atoms with van der Waals surface area (Å²) in [4.78, 5) is 21.0. The van der Waals surface area contributed by atoms with Crippen LogP contribution in [0.5, 0.6) is 0 Å². The van der Waals surface area contributed by atoms with E-state index in [9.17, 15) is 4.79 Å². The lowest BCUT2D eigenvalue weighted by Gasteiger charge is -2.38. The highest BCUT2D eigenvalue weighted by Crippen LogP contribution is 2.18. The Labute approximate surface area is 132 Å². The fraction of sp³-hybridized carbons (Fsp3) is 0.588. The van der Waals surface area contributed by atoms with Gasteiger partial charge < -0.3 is 9.80 Å². The van der Waals surface area contributed by atoms with Crippen LogP contribution in [0.1, 0.15) is 49.3 Å². The number of amides is 1. The molecule has 118 valence electrons. The van der Waals surface area contributed by atoms with E-state index >= 15 is 0 Å². The van der Waals surface area contributed by atoms with Crippen LogP contribution in [-0.2, 0) is 0 Å². The number of carbonyl (C=O) groups is 1. The van der Waals surface area contributed by atoms with Crippen molar-refractivity contribution in [2.24, 2.45) is 0 Å². The molecule has 0 radical (unpaired) electrons. The molecule has 0 atom stereocenters. The summed E-state index contributed by atoms with van der Waals surface area (Å²) in [6.07, 6.45) is 3.19. The van der Waals surface area contributed by atoms with E-state index < -0.39 is 0 Å². The quantitative estimate of drug-likeness (QED) is 0.837. The van der Waals surface area contributed by atoms with Gasteiger partial charge in [0.05, 0.1) is 0 Å². The van der Waals surface area contributed by atoms with E-state index in [1.165, 1.54) is 0 Å². The average Bonchev–Trinajstić information content (AvgIpc) is 2.59. The molecule has 0 bridgehead atoms. The first-order valence-corrected chi connectivity index (χ1v) is 8.10. The van der Waals surface area contributed by atoms with Crippen molar-refractivity contribution in [1.82, 2.24) is 14.8 Å². The molecule has 1 aromatic rings. The number of nitriles is 1. The Balaban J connectivity index is 1.96. The van der Waals surface area contributed by atoms with Crippen LogP contribution in [0, 0.1) is 11.3 Å². The number of nitrogens with zero attached hydrogens (tertiary/aromatic N) is 4. The van der Waals surface area contributed by atoms with E-state index in [1.54, 1.807) is 18.2 Å². The maximum Gasteiger partial charge on any atom is 0.272 e. The summed E-state index contributed by atoms with van der Waals surface area (Å²) >= 11 is 0. The zero-order valence-corrected chi connectivity index (χ0v) is 13.5. The minimum atomic E-state index is -0.0610. The standard InChI is InChI=1S/C17H24N4O/c1-3-10-20(4-2)15-8-11-21(12-9-15)17(22)16-7-5-6-14(13-18)19-16/h5-7,15H,3-4,8-12H2,1-2H3. The summed E-state index contributed by atoms with van der Waals surface area (Å²) in [5, 5.41) is 8.88. The van der Waals surface area contributed by atoms with Gasteiger partial charge in [-0.25, -0.2) is 4.98 Å². The first-order chi connectivity index (χ1) is 10.7. The Kier molecular flexibility index (Phi) is 5.91. The molecule has 0 aromatic carbocycles. The Morgan fingerprint density at radius 1 is 1.41 bits per heavy atom. The van der Waals surface area contributed by atoms with Crippen LogP contribution in [-0.4, -0.2) is 52.9 Å². The maximum absolute atomic E-state index is 12.5. The third kappa shape index (κ3) is 3.83. The Morgan fingerprint density at radius 3 is 2.73 bits per heavy atom. The van der Waals surface area contributed by atoms with Crippen molar-refractivity contribution >= 4 is 5.91 Å². The summed E-state index contributed by atoms with van der Waals surface area (Å²) in [7, 11) is 0. The third-order valence-electron chi connectivity index (χ3n) is 4.27. The second-order valence-corrected chi connectivity index (χ2v) is 5.67. The number of pyridine rings is 1. The smallest absolute Gasteiger partial charge is 0.272 e. The van der Waals surface area contributed by atoms with Gasteiger partial charge in [-0.05, 0) is 44.5 Å². The number of hydrogen-bond acceptors (Lipinski definition) is 4. The van der Waals surface area contributed by atoms with Crippen molar-refractivity contribution in [3.05, 3.63) is 29.6 Å². The van der Waals surface area contributed by atoms with Crippen molar-refractivity contribution in [3.8, 4) is 6.07 Å². The highest BCUT2D eigenvalue weighted by molar-refractivity contribution is 5.92. The molecule has 22 heavy (non-hydrogen) atoms. The molecule has 0 N–H and O–H groups in total. The first kappa shape index (κ1) is 16.4. The van der Waals surface area contributed by atoms with Crippen molar-refractivity contribution in [2.45, 2.75) is 39.2 Å². The van der Waals surface area contributed by atoms with Crippen LogP contribution in [0.25, 0.3) is 0 Å². The van der Waals surface area contributed by atoms with Gasteiger partial charge in [-0.15, -0.1) is 0 Å². The molecular weight excluding hydrogens is 276 g/mol. The molecule has 0 aliphatic carbocycles. The number of carbonyl (C=O) groups excluding carboxylic acids is 1. The van der Waals surface area contributed by atoms with Crippen LogP contribution < -0.4 is 0 Å². The number of likely N-dealkylation sites (tertiary alicyclic amines) is 1. The van der Waals surface area contributed by atoms with E-state index in [1.807, 2.05) is 11.0 Å². The summed E-state index contributed by atoms with van der Waals surface area (Å²) in [6.45, 7) is 8.13. The summed E-state index contributed by atoms with van der Waals surface area (Å²) in [6, 6.07) is 7.57. The molecule has 1 aromatic heterocycles. The van der Waals surface area contributed by atoms with Gasteiger partial charge in [0, 0.05) is 19.1 Å². The number of rotatable bonds is 5. The van der Waals surface area contributed by atoms with Gasteiger partial charge in [-0.1, -0.05) is 19.9 Å². The number of piperidine rings is 1.